The second-order valence-electron chi connectivity index (χ2n) is 5.23. The maximum Gasteiger partial charge on any atom is 0.0746 e. The second kappa shape index (κ2) is 4.18. The molecule has 4 nitrogen and oxygen atoms in total. The molecular formula is C12H21N3O. The Morgan fingerprint density at radius 3 is 2.88 bits per heavy atom. The molecule has 1 unspecified atom stereocenters. The number of likely N-dealkylation sites (tertiary alicyclic amines) is 1. The van der Waals surface area contributed by atoms with Gasteiger partial charge in [-0.1, -0.05) is 0 Å². The Hall–Kier alpha value is -0.870. The van der Waals surface area contributed by atoms with Crippen molar-refractivity contribution in [2.45, 2.75) is 44.9 Å². The Bertz CT molecular complexity index is 353. The quantitative estimate of drug-likeness (QED) is 0.836. The molecule has 2 heterocycles. The second-order valence-corrected chi connectivity index (χ2v) is 5.23. The maximum absolute atomic E-state index is 10.1. The fourth-order valence-electron chi connectivity index (χ4n) is 2.58. The summed E-state index contributed by atoms with van der Waals surface area (Å²) in [6, 6.07) is 2.31. The van der Waals surface area contributed by atoms with Gasteiger partial charge in [0.05, 0.1) is 11.3 Å². The van der Waals surface area contributed by atoms with Crippen molar-refractivity contribution in [1.82, 2.24) is 14.7 Å². The predicted octanol–water partition coefficient (Wildman–Crippen LogP) is 1.16. The topological polar surface area (TPSA) is 41.3 Å². The summed E-state index contributed by atoms with van der Waals surface area (Å²) < 4.78 is 1.90. The molecule has 1 atom stereocenters. The van der Waals surface area contributed by atoms with Crippen LogP contribution in [0.15, 0.2) is 12.3 Å². The first-order valence-electron chi connectivity index (χ1n) is 5.92. The normalized spacial score (nSPS) is 22.9. The Morgan fingerprint density at radius 1 is 1.56 bits per heavy atom. The van der Waals surface area contributed by atoms with Crippen molar-refractivity contribution in [3.05, 3.63) is 18.0 Å². The lowest BCUT2D eigenvalue weighted by Gasteiger charge is -2.33. The van der Waals surface area contributed by atoms with E-state index in [1.54, 1.807) is 0 Å². The van der Waals surface area contributed by atoms with Gasteiger partial charge in [0.15, 0.2) is 0 Å². The number of aryl methyl sites for hydroxylation is 1. The van der Waals surface area contributed by atoms with E-state index in [1.807, 2.05) is 37.8 Å². The van der Waals surface area contributed by atoms with Crippen molar-refractivity contribution in [3.8, 4) is 0 Å². The summed E-state index contributed by atoms with van der Waals surface area (Å²) in [5.74, 6) is 0. The zero-order chi connectivity index (χ0) is 11.8. The van der Waals surface area contributed by atoms with Crippen LogP contribution in [-0.2, 0) is 13.6 Å². The molecule has 1 aliphatic rings. The molecule has 0 spiro atoms. The molecule has 0 bridgehead atoms. The van der Waals surface area contributed by atoms with Crippen molar-refractivity contribution in [2.75, 3.05) is 6.54 Å². The first-order valence-corrected chi connectivity index (χ1v) is 5.92. The summed E-state index contributed by atoms with van der Waals surface area (Å²) in [5, 5.41) is 14.3. The van der Waals surface area contributed by atoms with Crippen LogP contribution in [0.25, 0.3) is 0 Å². The first-order chi connectivity index (χ1) is 7.48. The summed E-state index contributed by atoms with van der Waals surface area (Å²) in [4.78, 5) is 2.36. The molecule has 1 aliphatic heterocycles. The van der Waals surface area contributed by atoms with Crippen LogP contribution in [0.5, 0.6) is 0 Å². The molecule has 1 saturated heterocycles. The van der Waals surface area contributed by atoms with Gasteiger partial charge in [0.25, 0.3) is 0 Å². The molecule has 1 fully saturated rings. The van der Waals surface area contributed by atoms with Crippen LogP contribution in [0.4, 0.5) is 0 Å². The van der Waals surface area contributed by atoms with Gasteiger partial charge in [0.1, 0.15) is 0 Å². The Morgan fingerprint density at radius 2 is 2.31 bits per heavy atom. The third-order valence-corrected chi connectivity index (χ3v) is 3.47. The van der Waals surface area contributed by atoms with E-state index in [9.17, 15) is 5.11 Å². The molecule has 1 aromatic heterocycles. The van der Waals surface area contributed by atoms with E-state index in [0.29, 0.717) is 0 Å². The van der Waals surface area contributed by atoms with Gasteiger partial charge in [-0.05, 0) is 39.3 Å². The summed E-state index contributed by atoms with van der Waals surface area (Å²) in [6.07, 6.45) is 4.08. The van der Waals surface area contributed by atoms with Crippen LogP contribution in [-0.4, -0.2) is 38.0 Å². The van der Waals surface area contributed by atoms with E-state index in [2.05, 4.69) is 10.00 Å². The number of hydrogen-bond donors (Lipinski definition) is 1. The molecule has 16 heavy (non-hydrogen) atoms. The monoisotopic (exact) mass is 223 g/mol. The lowest BCUT2D eigenvalue weighted by Crippen LogP contribution is -2.45. The van der Waals surface area contributed by atoms with Crippen LogP contribution in [0, 0.1) is 0 Å². The van der Waals surface area contributed by atoms with Crippen molar-refractivity contribution in [2.24, 2.45) is 7.05 Å². The van der Waals surface area contributed by atoms with E-state index in [0.717, 1.165) is 19.5 Å². The minimum absolute atomic E-state index is 0.266. The van der Waals surface area contributed by atoms with E-state index < -0.39 is 5.60 Å². The molecule has 0 radical (unpaired) electrons. The molecule has 0 amide bonds. The van der Waals surface area contributed by atoms with E-state index in [4.69, 9.17) is 0 Å². The van der Waals surface area contributed by atoms with E-state index in [1.165, 1.54) is 12.1 Å². The Balaban J connectivity index is 2.07. The fourth-order valence-corrected chi connectivity index (χ4v) is 2.58. The predicted molar refractivity (Wildman–Crippen MR) is 62.9 cm³/mol. The lowest BCUT2D eigenvalue weighted by atomic mass is 9.96. The number of aliphatic hydroxyl groups is 1. The molecule has 1 N–H and O–H groups in total. The molecule has 0 saturated carbocycles. The molecule has 90 valence electrons. The molecule has 0 aromatic carbocycles. The number of rotatable bonds is 3. The largest absolute Gasteiger partial charge is 0.389 e. The summed E-state index contributed by atoms with van der Waals surface area (Å²) in [7, 11) is 1.96. The number of hydrogen-bond acceptors (Lipinski definition) is 3. The average molecular weight is 223 g/mol. The van der Waals surface area contributed by atoms with E-state index >= 15 is 0 Å². The zero-order valence-corrected chi connectivity index (χ0v) is 10.3. The fraction of sp³-hybridized carbons (Fsp3) is 0.750. The molecular weight excluding hydrogens is 202 g/mol. The van der Waals surface area contributed by atoms with Crippen LogP contribution in [0.2, 0.25) is 0 Å². The number of aromatic nitrogens is 2. The van der Waals surface area contributed by atoms with Gasteiger partial charge < -0.3 is 5.11 Å². The van der Waals surface area contributed by atoms with Gasteiger partial charge in [-0.2, -0.15) is 5.10 Å². The zero-order valence-electron chi connectivity index (χ0n) is 10.3. The van der Waals surface area contributed by atoms with Crippen LogP contribution in [0.3, 0.4) is 0 Å². The van der Waals surface area contributed by atoms with E-state index in [-0.39, 0.29) is 6.04 Å². The Kier molecular flexibility index (Phi) is 3.04. The van der Waals surface area contributed by atoms with Gasteiger partial charge in [-0.15, -0.1) is 0 Å². The van der Waals surface area contributed by atoms with Crippen molar-refractivity contribution in [3.63, 3.8) is 0 Å². The van der Waals surface area contributed by atoms with Gasteiger partial charge >= 0.3 is 0 Å². The smallest absolute Gasteiger partial charge is 0.0746 e. The third-order valence-electron chi connectivity index (χ3n) is 3.47. The highest BCUT2D eigenvalue weighted by Gasteiger charge is 2.35. The third kappa shape index (κ3) is 2.28. The number of nitrogens with zero attached hydrogens (tertiary/aromatic N) is 3. The van der Waals surface area contributed by atoms with Gasteiger partial charge in [0, 0.05) is 25.8 Å². The van der Waals surface area contributed by atoms with Crippen molar-refractivity contribution >= 4 is 0 Å². The highest BCUT2D eigenvalue weighted by molar-refractivity contribution is 5.02. The molecule has 1 aromatic rings. The summed E-state index contributed by atoms with van der Waals surface area (Å²) in [6.45, 7) is 5.75. The van der Waals surface area contributed by atoms with Crippen molar-refractivity contribution in [1.29, 1.82) is 0 Å². The Labute approximate surface area is 96.9 Å². The minimum atomic E-state index is -0.616. The summed E-state index contributed by atoms with van der Waals surface area (Å²) >= 11 is 0. The van der Waals surface area contributed by atoms with Gasteiger partial charge in [0.2, 0.25) is 0 Å². The summed E-state index contributed by atoms with van der Waals surface area (Å²) in [5.41, 5.74) is 0.589. The molecule has 4 heteroatoms. The highest BCUT2D eigenvalue weighted by atomic mass is 16.3. The SMILES string of the molecule is Cn1nccc1CN1CCCC1C(C)(C)O. The standard InChI is InChI=1S/C12H21N3O/c1-12(2,16)11-5-4-8-15(11)9-10-6-7-13-14(10)3/h6-7,11,16H,4-5,8-9H2,1-3H3. The van der Waals surface area contributed by atoms with Crippen LogP contribution < -0.4 is 0 Å². The van der Waals surface area contributed by atoms with Crippen molar-refractivity contribution < 1.29 is 5.11 Å². The van der Waals surface area contributed by atoms with Crippen LogP contribution >= 0.6 is 0 Å². The minimum Gasteiger partial charge on any atom is -0.389 e. The molecule has 0 aliphatic carbocycles. The maximum atomic E-state index is 10.1. The first kappa shape index (κ1) is 11.6. The van der Waals surface area contributed by atoms with Gasteiger partial charge in [-0.25, -0.2) is 0 Å². The lowest BCUT2D eigenvalue weighted by molar-refractivity contribution is -0.00568. The highest BCUT2D eigenvalue weighted by Crippen LogP contribution is 2.27. The van der Waals surface area contributed by atoms with Gasteiger partial charge in [-0.3, -0.25) is 9.58 Å². The molecule has 2 rings (SSSR count). The van der Waals surface area contributed by atoms with Crippen LogP contribution in [0.1, 0.15) is 32.4 Å². The average Bonchev–Trinajstić information content (AvgIpc) is 2.76.